The summed E-state index contributed by atoms with van der Waals surface area (Å²) < 4.78 is 0. The summed E-state index contributed by atoms with van der Waals surface area (Å²) in [4.78, 5) is 0. The third kappa shape index (κ3) is 1.34. The number of nitrogens with one attached hydrogen (secondary N) is 1. The van der Waals surface area contributed by atoms with Crippen LogP contribution in [0.5, 0.6) is 0 Å². The lowest BCUT2D eigenvalue weighted by molar-refractivity contribution is 0.386. The Labute approximate surface area is 64.2 Å². The Morgan fingerprint density at radius 3 is 2.50 bits per heavy atom. The van der Waals surface area contributed by atoms with Crippen molar-refractivity contribution in [3.63, 3.8) is 0 Å². The summed E-state index contributed by atoms with van der Waals surface area (Å²) in [5, 5.41) is 3.42. The van der Waals surface area contributed by atoms with Crippen LogP contribution < -0.4 is 5.32 Å². The Morgan fingerprint density at radius 1 is 1.40 bits per heavy atom. The van der Waals surface area contributed by atoms with Crippen molar-refractivity contribution in [2.45, 2.75) is 33.6 Å². The van der Waals surface area contributed by atoms with E-state index in [-0.39, 0.29) is 0 Å². The predicted molar refractivity (Wildman–Crippen MR) is 45.0 cm³/mol. The van der Waals surface area contributed by atoms with Gasteiger partial charge < -0.3 is 5.32 Å². The van der Waals surface area contributed by atoms with Gasteiger partial charge in [0.15, 0.2) is 0 Å². The molecular weight excluding hydrogens is 122 g/mol. The molecule has 1 nitrogen and oxygen atoms in total. The van der Waals surface area contributed by atoms with Crippen LogP contribution in [0.2, 0.25) is 0 Å². The van der Waals surface area contributed by atoms with Crippen LogP contribution in [0.4, 0.5) is 0 Å². The first-order chi connectivity index (χ1) is 4.81. The second-order valence-corrected chi connectivity index (χ2v) is 3.52. The maximum atomic E-state index is 3.42. The largest absolute Gasteiger partial charge is 0.316 e. The SMILES string of the molecule is CC.CC12CNCCC1C2. The standard InChI is InChI=1S/C7H13N.C2H6/c1-7-4-6(7)2-3-8-5-7;1-2/h6,8H,2-5H2,1H3;1-2H3. The minimum Gasteiger partial charge on any atom is -0.316 e. The van der Waals surface area contributed by atoms with Crippen molar-refractivity contribution in [1.29, 1.82) is 0 Å². The molecule has 0 aromatic rings. The lowest BCUT2D eigenvalue weighted by Gasteiger charge is -2.17. The molecule has 2 aliphatic rings. The van der Waals surface area contributed by atoms with Crippen molar-refractivity contribution < 1.29 is 0 Å². The van der Waals surface area contributed by atoms with Crippen molar-refractivity contribution in [3.8, 4) is 0 Å². The van der Waals surface area contributed by atoms with Crippen LogP contribution in [0.1, 0.15) is 33.6 Å². The third-order valence-corrected chi connectivity index (χ3v) is 2.74. The van der Waals surface area contributed by atoms with E-state index in [1.54, 1.807) is 0 Å². The van der Waals surface area contributed by atoms with Crippen molar-refractivity contribution in [1.82, 2.24) is 5.32 Å². The van der Waals surface area contributed by atoms with Crippen LogP contribution in [0.15, 0.2) is 0 Å². The van der Waals surface area contributed by atoms with Gasteiger partial charge >= 0.3 is 0 Å². The van der Waals surface area contributed by atoms with Gasteiger partial charge in [0.25, 0.3) is 0 Å². The molecule has 0 aromatic carbocycles. The molecule has 2 rings (SSSR count). The smallest absolute Gasteiger partial charge is 0.000793 e. The Balaban J connectivity index is 0.000000231. The van der Waals surface area contributed by atoms with E-state index < -0.39 is 0 Å². The zero-order chi connectivity index (χ0) is 7.61. The summed E-state index contributed by atoms with van der Waals surface area (Å²) in [6, 6.07) is 0. The van der Waals surface area contributed by atoms with E-state index >= 15 is 0 Å². The fourth-order valence-corrected chi connectivity index (χ4v) is 1.82. The van der Waals surface area contributed by atoms with E-state index in [9.17, 15) is 0 Å². The van der Waals surface area contributed by atoms with Crippen LogP contribution in [-0.2, 0) is 0 Å². The maximum Gasteiger partial charge on any atom is 0.000793 e. The molecule has 2 unspecified atom stereocenters. The van der Waals surface area contributed by atoms with Crippen LogP contribution in [0.3, 0.4) is 0 Å². The second-order valence-electron chi connectivity index (χ2n) is 3.52. The van der Waals surface area contributed by atoms with E-state index in [4.69, 9.17) is 0 Å². The van der Waals surface area contributed by atoms with Crippen LogP contribution in [0, 0.1) is 11.3 Å². The fourth-order valence-electron chi connectivity index (χ4n) is 1.82. The van der Waals surface area contributed by atoms with Gasteiger partial charge in [-0.25, -0.2) is 0 Å². The number of rotatable bonds is 0. The fraction of sp³-hybridized carbons (Fsp3) is 1.00. The van der Waals surface area contributed by atoms with Gasteiger partial charge in [-0.1, -0.05) is 20.8 Å². The highest BCUT2D eigenvalue weighted by Crippen LogP contribution is 2.54. The van der Waals surface area contributed by atoms with Crippen LogP contribution >= 0.6 is 0 Å². The predicted octanol–water partition coefficient (Wildman–Crippen LogP) is 2.03. The van der Waals surface area contributed by atoms with Gasteiger partial charge in [-0.2, -0.15) is 0 Å². The van der Waals surface area contributed by atoms with E-state index in [0.29, 0.717) is 0 Å². The van der Waals surface area contributed by atoms with Gasteiger partial charge in [0.05, 0.1) is 0 Å². The monoisotopic (exact) mass is 141 g/mol. The van der Waals surface area contributed by atoms with E-state index in [1.807, 2.05) is 13.8 Å². The number of hydrogen-bond acceptors (Lipinski definition) is 1. The van der Waals surface area contributed by atoms with Crippen molar-refractivity contribution in [2.24, 2.45) is 11.3 Å². The average molecular weight is 141 g/mol. The Hall–Kier alpha value is -0.0400. The van der Waals surface area contributed by atoms with Gasteiger partial charge in [-0.15, -0.1) is 0 Å². The average Bonchev–Trinajstić information content (AvgIpc) is 2.64. The molecule has 1 heteroatoms. The minimum atomic E-state index is 0.734. The molecule has 1 saturated carbocycles. The van der Waals surface area contributed by atoms with Crippen LogP contribution in [0.25, 0.3) is 0 Å². The quantitative estimate of drug-likeness (QED) is 0.544. The van der Waals surface area contributed by atoms with Crippen molar-refractivity contribution in [2.75, 3.05) is 13.1 Å². The zero-order valence-electron chi connectivity index (χ0n) is 7.41. The van der Waals surface area contributed by atoms with E-state index in [1.165, 1.54) is 25.9 Å². The molecule has 0 radical (unpaired) electrons. The molecule has 1 heterocycles. The molecule has 2 fully saturated rings. The lowest BCUT2D eigenvalue weighted by Crippen LogP contribution is -2.29. The first-order valence-electron chi connectivity index (χ1n) is 4.52. The Bertz CT molecular complexity index is 109. The summed E-state index contributed by atoms with van der Waals surface area (Å²) >= 11 is 0. The first kappa shape index (κ1) is 8.06. The maximum absolute atomic E-state index is 3.42. The molecule has 0 aromatic heterocycles. The van der Waals surface area contributed by atoms with Gasteiger partial charge in [0, 0.05) is 6.54 Å². The first-order valence-corrected chi connectivity index (χ1v) is 4.52. The van der Waals surface area contributed by atoms with Crippen LogP contribution in [-0.4, -0.2) is 13.1 Å². The molecule has 0 spiro atoms. The summed E-state index contributed by atoms with van der Waals surface area (Å²) in [6.07, 6.45) is 2.91. The lowest BCUT2D eigenvalue weighted by atomic mass is 10.0. The number of fused-ring (bicyclic) bond motifs is 1. The summed E-state index contributed by atoms with van der Waals surface area (Å²) in [5.41, 5.74) is 0.734. The molecule has 1 aliphatic carbocycles. The Kier molecular flexibility index (Phi) is 2.35. The highest BCUT2D eigenvalue weighted by molar-refractivity contribution is 5.02. The van der Waals surface area contributed by atoms with E-state index in [0.717, 1.165) is 11.3 Å². The van der Waals surface area contributed by atoms with Gasteiger partial charge in [-0.3, -0.25) is 0 Å². The van der Waals surface area contributed by atoms with Gasteiger partial charge in [-0.05, 0) is 30.7 Å². The molecule has 60 valence electrons. The number of hydrogen-bond donors (Lipinski definition) is 1. The molecule has 1 N–H and O–H groups in total. The third-order valence-electron chi connectivity index (χ3n) is 2.74. The Morgan fingerprint density at radius 2 is 2.10 bits per heavy atom. The number of piperidine rings is 1. The molecule has 10 heavy (non-hydrogen) atoms. The molecule has 2 atom stereocenters. The molecule has 0 bridgehead atoms. The van der Waals surface area contributed by atoms with Gasteiger partial charge in [0.2, 0.25) is 0 Å². The van der Waals surface area contributed by atoms with Gasteiger partial charge in [0.1, 0.15) is 0 Å². The molecule has 0 amide bonds. The van der Waals surface area contributed by atoms with Crippen molar-refractivity contribution in [3.05, 3.63) is 0 Å². The molecule has 1 saturated heterocycles. The second kappa shape index (κ2) is 2.91. The highest BCUT2D eigenvalue weighted by Gasteiger charge is 2.50. The summed E-state index contributed by atoms with van der Waals surface area (Å²) in [6.45, 7) is 8.93. The van der Waals surface area contributed by atoms with Crippen molar-refractivity contribution >= 4 is 0 Å². The highest BCUT2D eigenvalue weighted by atomic mass is 14.9. The summed E-state index contributed by atoms with van der Waals surface area (Å²) in [5.74, 6) is 1.09. The molecular formula is C9H19N. The normalized spacial score (nSPS) is 42.9. The zero-order valence-corrected chi connectivity index (χ0v) is 7.41. The minimum absolute atomic E-state index is 0.734. The topological polar surface area (TPSA) is 12.0 Å². The molecule has 1 aliphatic heterocycles. The van der Waals surface area contributed by atoms with E-state index in [2.05, 4.69) is 12.2 Å². The summed E-state index contributed by atoms with van der Waals surface area (Å²) in [7, 11) is 0.